The fourth-order valence-corrected chi connectivity index (χ4v) is 2.12. The number of aryl methyl sites for hydroxylation is 1. The predicted molar refractivity (Wildman–Crippen MR) is 80.9 cm³/mol. The van der Waals surface area contributed by atoms with Gasteiger partial charge in [0.25, 0.3) is 0 Å². The van der Waals surface area contributed by atoms with Crippen molar-refractivity contribution in [2.75, 3.05) is 19.0 Å². The van der Waals surface area contributed by atoms with E-state index in [2.05, 4.69) is 17.3 Å². The highest BCUT2D eigenvalue weighted by Gasteiger charge is 2.14. The first-order valence-electron chi connectivity index (χ1n) is 7.00. The Morgan fingerprint density at radius 3 is 2.95 bits per heavy atom. The molecule has 0 bridgehead atoms. The number of nitrogens with one attached hydrogen (secondary N) is 1. The Morgan fingerprint density at radius 2 is 2.29 bits per heavy atom. The van der Waals surface area contributed by atoms with E-state index in [9.17, 15) is 4.39 Å². The van der Waals surface area contributed by atoms with Crippen LogP contribution in [0.25, 0.3) is 0 Å². The number of nitrogens with zero attached hydrogens (tertiary/aromatic N) is 2. The van der Waals surface area contributed by atoms with Crippen LogP contribution in [0.5, 0.6) is 5.75 Å². The molecule has 1 atom stereocenters. The van der Waals surface area contributed by atoms with Crippen LogP contribution in [-0.2, 0) is 6.54 Å². The molecule has 0 aliphatic rings. The Labute approximate surface area is 123 Å². The summed E-state index contributed by atoms with van der Waals surface area (Å²) in [6.45, 7) is 3.28. The van der Waals surface area contributed by atoms with Gasteiger partial charge in [0.1, 0.15) is 11.6 Å². The number of hydrogen-bond donors (Lipinski definition) is 2. The maximum absolute atomic E-state index is 13.9. The van der Waals surface area contributed by atoms with Crippen molar-refractivity contribution in [1.29, 1.82) is 0 Å². The van der Waals surface area contributed by atoms with Gasteiger partial charge in [-0.15, -0.1) is 0 Å². The minimum atomic E-state index is -0.338. The first-order valence-corrected chi connectivity index (χ1v) is 7.00. The van der Waals surface area contributed by atoms with Crippen molar-refractivity contribution in [3.8, 4) is 5.75 Å². The number of anilines is 1. The number of benzene rings is 1. The Morgan fingerprint density at radius 1 is 1.48 bits per heavy atom. The van der Waals surface area contributed by atoms with Gasteiger partial charge in [-0.25, -0.2) is 4.39 Å². The van der Waals surface area contributed by atoms with Gasteiger partial charge in [0, 0.05) is 30.9 Å². The van der Waals surface area contributed by atoms with Crippen LogP contribution in [0.1, 0.15) is 24.9 Å². The lowest BCUT2D eigenvalue weighted by molar-refractivity contribution is 0.414. The van der Waals surface area contributed by atoms with Gasteiger partial charge in [0.15, 0.2) is 0 Å². The third-order valence-electron chi connectivity index (χ3n) is 3.25. The Bertz CT molecular complexity index is 585. The summed E-state index contributed by atoms with van der Waals surface area (Å²) >= 11 is 0. The second-order valence-corrected chi connectivity index (χ2v) is 4.82. The van der Waals surface area contributed by atoms with Crippen molar-refractivity contribution in [2.24, 2.45) is 5.73 Å². The molecule has 1 unspecified atom stereocenters. The fraction of sp³-hybridized carbons (Fsp3) is 0.400. The molecule has 1 aromatic carbocycles. The average molecular weight is 292 g/mol. The highest BCUT2D eigenvalue weighted by molar-refractivity contribution is 5.51. The van der Waals surface area contributed by atoms with Crippen molar-refractivity contribution >= 4 is 5.69 Å². The summed E-state index contributed by atoms with van der Waals surface area (Å²) in [5.74, 6) is 0.256. The molecule has 2 aromatic rings. The lowest BCUT2D eigenvalue weighted by Crippen LogP contribution is -2.20. The summed E-state index contributed by atoms with van der Waals surface area (Å²) in [5.41, 5.74) is 7.11. The molecule has 0 aliphatic heterocycles. The first-order chi connectivity index (χ1) is 10.2. The van der Waals surface area contributed by atoms with E-state index in [-0.39, 0.29) is 11.9 Å². The van der Waals surface area contributed by atoms with Crippen LogP contribution in [-0.4, -0.2) is 23.4 Å². The maximum Gasteiger partial charge on any atom is 0.146 e. The topological polar surface area (TPSA) is 65.1 Å². The summed E-state index contributed by atoms with van der Waals surface area (Å²) < 4.78 is 20.8. The molecule has 21 heavy (non-hydrogen) atoms. The molecule has 0 spiro atoms. The predicted octanol–water partition coefficient (Wildman–Crippen LogP) is 2.55. The minimum Gasteiger partial charge on any atom is -0.497 e. The van der Waals surface area contributed by atoms with Crippen molar-refractivity contribution < 1.29 is 9.13 Å². The lowest BCUT2D eigenvalue weighted by atomic mass is 10.1. The van der Waals surface area contributed by atoms with E-state index in [1.807, 2.05) is 10.9 Å². The molecule has 1 aromatic heterocycles. The van der Waals surface area contributed by atoms with Crippen molar-refractivity contribution in [1.82, 2.24) is 9.78 Å². The Balaban J connectivity index is 2.18. The minimum absolute atomic E-state index is 0.197. The molecule has 0 aliphatic carbocycles. The zero-order valence-corrected chi connectivity index (χ0v) is 12.3. The first kappa shape index (κ1) is 15.3. The van der Waals surface area contributed by atoms with Crippen LogP contribution in [0, 0.1) is 5.82 Å². The van der Waals surface area contributed by atoms with Gasteiger partial charge in [0.05, 0.1) is 25.0 Å². The van der Waals surface area contributed by atoms with E-state index in [0.29, 0.717) is 18.0 Å². The van der Waals surface area contributed by atoms with E-state index in [1.54, 1.807) is 25.4 Å². The highest BCUT2D eigenvalue weighted by Crippen LogP contribution is 2.25. The van der Waals surface area contributed by atoms with E-state index in [1.165, 1.54) is 6.07 Å². The Kier molecular flexibility index (Phi) is 5.16. The molecule has 0 saturated heterocycles. The van der Waals surface area contributed by atoms with Crippen LogP contribution >= 0.6 is 0 Å². The highest BCUT2D eigenvalue weighted by atomic mass is 19.1. The van der Waals surface area contributed by atoms with Gasteiger partial charge in [-0.05, 0) is 18.6 Å². The van der Waals surface area contributed by atoms with E-state index < -0.39 is 0 Å². The number of methoxy groups -OCH3 is 1. The number of halogens is 1. The van der Waals surface area contributed by atoms with Crippen LogP contribution in [0.15, 0.2) is 30.6 Å². The molecule has 2 rings (SSSR count). The van der Waals surface area contributed by atoms with Gasteiger partial charge >= 0.3 is 0 Å². The van der Waals surface area contributed by atoms with Crippen LogP contribution in [0.2, 0.25) is 0 Å². The van der Waals surface area contributed by atoms with Crippen molar-refractivity contribution in [3.05, 3.63) is 42.0 Å². The second-order valence-electron chi connectivity index (χ2n) is 4.82. The third kappa shape index (κ3) is 3.72. The molecule has 0 radical (unpaired) electrons. The van der Waals surface area contributed by atoms with Crippen molar-refractivity contribution in [3.63, 3.8) is 0 Å². The van der Waals surface area contributed by atoms with Gasteiger partial charge in [-0.1, -0.05) is 6.92 Å². The lowest BCUT2D eigenvalue weighted by Gasteiger charge is -2.17. The molecule has 0 fully saturated rings. The quantitative estimate of drug-likeness (QED) is 0.823. The van der Waals surface area contributed by atoms with Gasteiger partial charge < -0.3 is 15.8 Å². The normalized spacial score (nSPS) is 12.2. The monoisotopic (exact) mass is 292 g/mol. The molecular formula is C15H21FN4O. The summed E-state index contributed by atoms with van der Waals surface area (Å²) in [7, 11) is 1.55. The Hall–Kier alpha value is -2.08. The van der Waals surface area contributed by atoms with Crippen LogP contribution in [0.3, 0.4) is 0 Å². The molecule has 0 amide bonds. The van der Waals surface area contributed by atoms with Crippen LogP contribution < -0.4 is 15.8 Å². The molecule has 114 valence electrons. The number of aromatic nitrogens is 2. The number of ether oxygens (including phenoxy) is 1. The smallest absolute Gasteiger partial charge is 0.146 e. The molecular weight excluding hydrogens is 271 g/mol. The molecule has 3 N–H and O–H groups in total. The second kappa shape index (κ2) is 7.08. The SMILES string of the molecule is CCCn1cc(C(CN)Nc2cc(OC)ccc2F)cn1. The summed E-state index contributed by atoms with van der Waals surface area (Å²) in [4.78, 5) is 0. The molecule has 1 heterocycles. The molecule has 5 nitrogen and oxygen atoms in total. The largest absolute Gasteiger partial charge is 0.497 e. The molecule has 6 heteroatoms. The zero-order valence-electron chi connectivity index (χ0n) is 12.3. The van der Waals surface area contributed by atoms with E-state index in [4.69, 9.17) is 10.5 Å². The van der Waals surface area contributed by atoms with E-state index in [0.717, 1.165) is 18.5 Å². The van der Waals surface area contributed by atoms with Gasteiger partial charge in [0.2, 0.25) is 0 Å². The third-order valence-corrected chi connectivity index (χ3v) is 3.25. The standard InChI is InChI=1S/C15H21FN4O/c1-3-6-20-10-11(9-18-20)15(8-17)19-14-7-12(21-2)4-5-13(14)16/h4-5,7,9-10,15,19H,3,6,8,17H2,1-2H3. The maximum atomic E-state index is 13.9. The number of rotatable bonds is 7. The van der Waals surface area contributed by atoms with Gasteiger partial charge in [-0.3, -0.25) is 4.68 Å². The fourth-order valence-electron chi connectivity index (χ4n) is 2.12. The zero-order chi connectivity index (χ0) is 15.2. The summed E-state index contributed by atoms with van der Waals surface area (Å²) in [6, 6.07) is 4.37. The van der Waals surface area contributed by atoms with Crippen molar-refractivity contribution in [2.45, 2.75) is 25.9 Å². The summed E-state index contributed by atoms with van der Waals surface area (Å²) in [5, 5.41) is 7.39. The number of hydrogen-bond acceptors (Lipinski definition) is 4. The average Bonchev–Trinajstić information content (AvgIpc) is 2.95. The molecule has 0 saturated carbocycles. The van der Waals surface area contributed by atoms with Crippen LogP contribution in [0.4, 0.5) is 10.1 Å². The summed E-state index contributed by atoms with van der Waals surface area (Å²) in [6.07, 6.45) is 4.71. The van der Waals surface area contributed by atoms with Gasteiger partial charge in [-0.2, -0.15) is 5.10 Å². The van der Waals surface area contributed by atoms with E-state index >= 15 is 0 Å². The number of nitrogens with two attached hydrogens (primary N) is 1.